The van der Waals surface area contributed by atoms with Gasteiger partial charge in [0.05, 0.1) is 0 Å². The molecule has 0 aliphatic carbocycles. The number of hydrogen-bond donors (Lipinski definition) is 0. The Balaban J connectivity index is 0.000000640. The average Bonchev–Trinajstić information content (AvgIpc) is 2.12. The van der Waals surface area contributed by atoms with E-state index in [1.807, 2.05) is 0 Å². The van der Waals surface area contributed by atoms with Crippen LogP contribution in [0.3, 0.4) is 0 Å². The first-order valence-electron chi connectivity index (χ1n) is 1.90. The Morgan fingerprint density at radius 2 is 2.44 bits per heavy atom. The van der Waals surface area contributed by atoms with Gasteiger partial charge < -0.3 is 0 Å². The van der Waals surface area contributed by atoms with Gasteiger partial charge in [0.1, 0.15) is 0 Å². The third-order valence-electron chi connectivity index (χ3n) is 0.600. The molecular weight excluding hydrogens is 181 g/mol. The number of carbonyl (C=O) groups excluding carboxylic acids is 1. The van der Waals surface area contributed by atoms with Crippen LogP contribution < -0.4 is 0 Å². The minimum Gasteiger partial charge on any atom is -0.273 e. The molecule has 0 bridgehead atoms. The highest BCUT2D eigenvalue weighted by Gasteiger charge is 2.00. The van der Waals surface area contributed by atoms with Gasteiger partial charge >= 0.3 is 0 Å². The molecule has 0 fully saturated rings. The molecule has 0 aromatic carbocycles. The van der Waals surface area contributed by atoms with Crippen LogP contribution in [0.4, 0.5) is 0 Å². The normalized spacial score (nSPS) is 8.11. The van der Waals surface area contributed by atoms with Gasteiger partial charge in [-0.2, -0.15) is 0 Å². The second-order valence-corrected chi connectivity index (χ2v) is 2.35. The van der Waals surface area contributed by atoms with E-state index in [0.29, 0.717) is 5.01 Å². The van der Waals surface area contributed by atoms with E-state index >= 15 is 0 Å². The van der Waals surface area contributed by atoms with Crippen molar-refractivity contribution in [2.75, 3.05) is 0 Å². The molecule has 0 amide bonds. The molecule has 0 aliphatic heterocycles. The average molecular weight is 184 g/mol. The Morgan fingerprint density at radius 1 is 1.78 bits per heavy atom. The van der Waals surface area contributed by atoms with Crippen molar-refractivity contribution in [2.45, 2.75) is 0 Å². The van der Waals surface area contributed by atoms with E-state index in [2.05, 4.69) is 4.98 Å². The SMILES string of the molecule is Cl.O=C(Cl)c1nccs1. The molecule has 1 heterocycles. The molecule has 0 aliphatic rings. The lowest BCUT2D eigenvalue weighted by Gasteiger charge is -1.75. The van der Waals surface area contributed by atoms with Crippen LogP contribution in [0.5, 0.6) is 0 Å². The number of aromatic nitrogens is 1. The second-order valence-electron chi connectivity index (χ2n) is 1.11. The third-order valence-corrected chi connectivity index (χ3v) is 1.66. The lowest BCUT2D eigenvalue weighted by Crippen LogP contribution is -1.83. The van der Waals surface area contributed by atoms with Crippen molar-refractivity contribution < 1.29 is 4.79 Å². The first kappa shape index (κ1) is 8.88. The van der Waals surface area contributed by atoms with Crippen LogP contribution in [0.1, 0.15) is 9.80 Å². The predicted octanol–water partition coefficient (Wildman–Crippen LogP) is 1.94. The maximum absolute atomic E-state index is 10.2. The van der Waals surface area contributed by atoms with Crippen LogP contribution in [-0.2, 0) is 0 Å². The minimum atomic E-state index is -0.486. The van der Waals surface area contributed by atoms with Gasteiger partial charge in [-0.3, -0.25) is 4.79 Å². The molecule has 0 saturated carbocycles. The number of thiazole rings is 1. The lowest BCUT2D eigenvalue weighted by atomic mass is 10.8. The van der Waals surface area contributed by atoms with Gasteiger partial charge in [0, 0.05) is 11.6 Å². The highest BCUT2D eigenvalue weighted by atomic mass is 35.5. The van der Waals surface area contributed by atoms with Crippen molar-refractivity contribution in [3.05, 3.63) is 16.6 Å². The fraction of sp³-hybridized carbons (Fsp3) is 0. The third kappa shape index (κ3) is 2.30. The standard InChI is InChI=1S/C4H2ClNOS.ClH/c5-3(7)4-6-1-2-8-4;/h1-2H;1H. The summed E-state index contributed by atoms with van der Waals surface area (Å²) in [6, 6.07) is 0. The summed E-state index contributed by atoms with van der Waals surface area (Å²) >= 11 is 6.29. The zero-order chi connectivity index (χ0) is 5.98. The van der Waals surface area contributed by atoms with Crippen LogP contribution in [-0.4, -0.2) is 10.2 Å². The summed E-state index contributed by atoms with van der Waals surface area (Å²) in [6.07, 6.45) is 1.54. The topological polar surface area (TPSA) is 30.0 Å². The first-order valence-corrected chi connectivity index (χ1v) is 3.16. The van der Waals surface area contributed by atoms with Gasteiger partial charge in [-0.25, -0.2) is 4.98 Å². The lowest BCUT2D eigenvalue weighted by molar-refractivity contribution is 0.108. The number of nitrogens with zero attached hydrogens (tertiary/aromatic N) is 1. The zero-order valence-electron chi connectivity index (χ0n) is 4.20. The van der Waals surface area contributed by atoms with Gasteiger partial charge in [0.15, 0.2) is 5.01 Å². The van der Waals surface area contributed by atoms with Crippen LogP contribution in [0, 0.1) is 0 Å². The van der Waals surface area contributed by atoms with E-state index in [-0.39, 0.29) is 12.4 Å². The fourth-order valence-electron chi connectivity index (χ4n) is 0.321. The number of hydrogen-bond acceptors (Lipinski definition) is 3. The van der Waals surface area contributed by atoms with Crippen molar-refractivity contribution in [1.82, 2.24) is 4.98 Å². The Morgan fingerprint density at radius 3 is 2.67 bits per heavy atom. The molecular formula is C4H3Cl2NOS. The van der Waals surface area contributed by atoms with E-state index in [4.69, 9.17) is 11.6 Å². The summed E-state index contributed by atoms with van der Waals surface area (Å²) in [6.45, 7) is 0. The minimum absolute atomic E-state index is 0. The van der Waals surface area contributed by atoms with E-state index in [1.165, 1.54) is 11.3 Å². The zero-order valence-corrected chi connectivity index (χ0v) is 6.59. The number of rotatable bonds is 1. The number of halogens is 2. The highest BCUT2D eigenvalue weighted by Crippen LogP contribution is 2.05. The first-order chi connectivity index (χ1) is 3.80. The maximum Gasteiger partial charge on any atom is 0.281 e. The fourth-order valence-corrected chi connectivity index (χ4v) is 0.968. The monoisotopic (exact) mass is 183 g/mol. The quantitative estimate of drug-likeness (QED) is 0.624. The van der Waals surface area contributed by atoms with Crippen molar-refractivity contribution in [1.29, 1.82) is 0 Å². The van der Waals surface area contributed by atoms with Gasteiger partial charge in [-0.1, -0.05) is 0 Å². The van der Waals surface area contributed by atoms with Gasteiger partial charge in [-0.15, -0.1) is 23.7 Å². The Hall–Kier alpha value is -0.120. The Labute approximate surface area is 67.3 Å². The molecule has 1 aromatic heterocycles. The Bertz CT molecular complexity index is 186. The molecule has 9 heavy (non-hydrogen) atoms. The van der Waals surface area contributed by atoms with Crippen LogP contribution >= 0.6 is 35.3 Å². The molecule has 0 N–H and O–H groups in total. The largest absolute Gasteiger partial charge is 0.281 e. The van der Waals surface area contributed by atoms with Crippen molar-refractivity contribution >= 4 is 40.6 Å². The van der Waals surface area contributed by atoms with Crippen LogP contribution in [0.15, 0.2) is 11.6 Å². The molecule has 0 radical (unpaired) electrons. The molecule has 0 spiro atoms. The summed E-state index contributed by atoms with van der Waals surface area (Å²) < 4.78 is 0. The van der Waals surface area contributed by atoms with Crippen molar-refractivity contribution in [2.24, 2.45) is 0 Å². The maximum atomic E-state index is 10.2. The summed E-state index contributed by atoms with van der Waals surface area (Å²) in [7, 11) is 0. The van der Waals surface area contributed by atoms with E-state index < -0.39 is 5.24 Å². The summed E-state index contributed by atoms with van der Waals surface area (Å²) in [5.41, 5.74) is 0. The van der Waals surface area contributed by atoms with E-state index in [0.717, 1.165) is 0 Å². The van der Waals surface area contributed by atoms with Crippen molar-refractivity contribution in [3.63, 3.8) is 0 Å². The summed E-state index contributed by atoms with van der Waals surface area (Å²) in [5, 5.41) is 1.57. The van der Waals surface area contributed by atoms with Crippen molar-refractivity contribution in [3.8, 4) is 0 Å². The number of carbonyl (C=O) groups is 1. The smallest absolute Gasteiger partial charge is 0.273 e. The van der Waals surface area contributed by atoms with E-state index in [1.54, 1.807) is 11.6 Å². The molecule has 5 heteroatoms. The molecule has 0 unspecified atom stereocenters. The summed E-state index contributed by atoms with van der Waals surface area (Å²) in [5.74, 6) is 0. The van der Waals surface area contributed by atoms with E-state index in [9.17, 15) is 4.79 Å². The predicted molar refractivity (Wildman–Crippen MR) is 39.5 cm³/mol. The van der Waals surface area contributed by atoms with Crippen LogP contribution in [0.25, 0.3) is 0 Å². The van der Waals surface area contributed by atoms with Gasteiger partial charge in [-0.05, 0) is 11.6 Å². The molecule has 2 nitrogen and oxygen atoms in total. The second kappa shape index (κ2) is 3.82. The molecule has 50 valence electrons. The summed E-state index contributed by atoms with van der Waals surface area (Å²) in [4.78, 5) is 13.9. The Kier molecular flexibility index (Phi) is 3.77. The highest BCUT2D eigenvalue weighted by molar-refractivity contribution is 7.13. The van der Waals surface area contributed by atoms with Crippen LogP contribution in [0.2, 0.25) is 0 Å². The van der Waals surface area contributed by atoms with Gasteiger partial charge in [0.25, 0.3) is 5.24 Å². The van der Waals surface area contributed by atoms with Gasteiger partial charge in [0.2, 0.25) is 0 Å². The molecule has 1 aromatic rings. The molecule has 1 rings (SSSR count). The molecule has 0 atom stereocenters. The molecule has 0 saturated heterocycles.